The van der Waals surface area contributed by atoms with Gasteiger partial charge in [-0.25, -0.2) is 4.39 Å². The summed E-state index contributed by atoms with van der Waals surface area (Å²) in [6, 6.07) is 6.56. The summed E-state index contributed by atoms with van der Waals surface area (Å²) in [6.07, 6.45) is 2.23. The van der Waals surface area contributed by atoms with Crippen molar-refractivity contribution >= 4 is 28.9 Å². The first kappa shape index (κ1) is 16.1. The molecule has 0 bridgehead atoms. The van der Waals surface area contributed by atoms with E-state index >= 15 is 0 Å². The smallest absolute Gasteiger partial charge is 0.234 e. The van der Waals surface area contributed by atoms with E-state index in [9.17, 15) is 9.18 Å². The summed E-state index contributed by atoms with van der Waals surface area (Å²) in [4.78, 5) is 16.0. The van der Waals surface area contributed by atoms with Gasteiger partial charge in [-0.1, -0.05) is 0 Å². The van der Waals surface area contributed by atoms with Crippen molar-refractivity contribution in [3.05, 3.63) is 30.1 Å². The van der Waals surface area contributed by atoms with Crippen molar-refractivity contribution in [3.8, 4) is 0 Å². The monoisotopic (exact) mass is 336 g/mol. The topological polar surface area (TPSA) is 47.6 Å². The second-order valence-corrected chi connectivity index (χ2v) is 6.43. The molecule has 1 heterocycles. The Bertz CT molecular complexity index is 568. The number of carbonyl (C=O) groups is 1. The van der Waals surface area contributed by atoms with Crippen LogP contribution in [0.5, 0.6) is 0 Å². The van der Waals surface area contributed by atoms with Gasteiger partial charge in [0.25, 0.3) is 0 Å². The zero-order valence-corrected chi connectivity index (χ0v) is 13.7. The number of amides is 1. The highest BCUT2D eigenvalue weighted by atomic mass is 32.1. The average Bonchev–Trinajstić information content (AvgIpc) is 3.34. The van der Waals surface area contributed by atoms with Crippen molar-refractivity contribution in [1.82, 2.24) is 15.1 Å². The van der Waals surface area contributed by atoms with E-state index in [1.54, 1.807) is 12.1 Å². The van der Waals surface area contributed by atoms with Gasteiger partial charge in [0.05, 0.1) is 6.54 Å². The minimum absolute atomic E-state index is 0.118. The zero-order chi connectivity index (χ0) is 16.2. The molecule has 124 valence electrons. The number of nitrogens with one attached hydrogen (secondary N) is 2. The van der Waals surface area contributed by atoms with E-state index < -0.39 is 0 Å². The number of hydrogen-bond acceptors (Lipinski definition) is 3. The summed E-state index contributed by atoms with van der Waals surface area (Å²) in [6.45, 7) is 3.64. The lowest BCUT2D eigenvalue weighted by molar-refractivity contribution is -0.122. The number of anilines is 1. The lowest BCUT2D eigenvalue weighted by atomic mass is 10.3. The molecule has 0 unspecified atom stereocenters. The van der Waals surface area contributed by atoms with E-state index in [0.29, 0.717) is 17.7 Å². The molecule has 1 saturated carbocycles. The van der Waals surface area contributed by atoms with Crippen LogP contribution in [-0.2, 0) is 4.79 Å². The van der Waals surface area contributed by atoms with Crippen LogP contribution < -0.4 is 10.6 Å². The van der Waals surface area contributed by atoms with Crippen molar-refractivity contribution in [1.29, 1.82) is 0 Å². The maximum absolute atomic E-state index is 12.9. The molecule has 2 aliphatic rings. The van der Waals surface area contributed by atoms with Gasteiger partial charge in [-0.2, -0.15) is 0 Å². The highest BCUT2D eigenvalue weighted by Gasteiger charge is 2.25. The molecule has 0 radical (unpaired) electrons. The predicted octanol–water partition coefficient (Wildman–Crippen LogP) is 1.42. The number of piperazine rings is 1. The van der Waals surface area contributed by atoms with Crippen LogP contribution in [0.15, 0.2) is 24.3 Å². The first-order valence-corrected chi connectivity index (χ1v) is 8.34. The van der Waals surface area contributed by atoms with Crippen molar-refractivity contribution < 1.29 is 9.18 Å². The fourth-order valence-electron chi connectivity index (χ4n) is 2.55. The molecule has 1 aliphatic carbocycles. The van der Waals surface area contributed by atoms with Gasteiger partial charge in [-0.15, -0.1) is 0 Å². The first-order chi connectivity index (χ1) is 11.1. The third-order valence-corrected chi connectivity index (χ3v) is 4.42. The van der Waals surface area contributed by atoms with E-state index in [2.05, 4.69) is 20.4 Å². The van der Waals surface area contributed by atoms with Gasteiger partial charge in [0, 0.05) is 37.9 Å². The summed E-state index contributed by atoms with van der Waals surface area (Å²) in [5.41, 5.74) is 0.780. The third kappa shape index (κ3) is 4.87. The molecule has 1 amide bonds. The van der Waals surface area contributed by atoms with Crippen molar-refractivity contribution in [2.24, 2.45) is 0 Å². The normalized spacial score (nSPS) is 18.6. The molecule has 1 aliphatic heterocycles. The van der Waals surface area contributed by atoms with Gasteiger partial charge < -0.3 is 15.5 Å². The van der Waals surface area contributed by atoms with Crippen LogP contribution >= 0.6 is 12.2 Å². The molecule has 0 spiro atoms. The van der Waals surface area contributed by atoms with Crippen molar-refractivity contribution in [2.45, 2.75) is 18.9 Å². The summed E-state index contributed by atoms with van der Waals surface area (Å²) in [5.74, 6) is -0.146. The molecule has 0 atom stereocenters. The summed E-state index contributed by atoms with van der Waals surface area (Å²) >= 11 is 5.40. The lowest BCUT2D eigenvalue weighted by Gasteiger charge is -2.35. The van der Waals surface area contributed by atoms with Crippen LogP contribution in [0.3, 0.4) is 0 Å². The number of rotatable bonds is 4. The number of thiocarbonyl (C=S) groups is 1. The summed E-state index contributed by atoms with van der Waals surface area (Å²) < 4.78 is 12.9. The second kappa shape index (κ2) is 7.23. The Hall–Kier alpha value is -1.73. The van der Waals surface area contributed by atoms with Crippen molar-refractivity contribution in [3.63, 3.8) is 0 Å². The molecule has 3 rings (SSSR count). The minimum atomic E-state index is -0.264. The number of carbonyl (C=O) groups excluding carboxylic acids is 1. The second-order valence-electron chi connectivity index (χ2n) is 6.04. The Morgan fingerprint density at radius 3 is 2.43 bits per heavy atom. The fraction of sp³-hybridized carbons (Fsp3) is 0.500. The molecule has 0 aromatic heterocycles. The number of nitrogens with zero attached hydrogens (tertiary/aromatic N) is 2. The van der Waals surface area contributed by atoms with Crippen LogP contribution in [0.1, 0.15) is 12.8 Å². The van der Waals surface area contributed by atoms with E-state index in [-0.39, 0.29) is 11.7 Å². The first-order valence-electron chi connectivity index (χ1n) is 7.93. The quantitative estimate of drug-likeness (QED) is 0.815. The largest absolute Gasteiger partial charge is 0.352 e. The van der Waals surface area contributed by atoms with E-state index in [0.717, 1.165) is 44.7 Å². The molecule has 2 N–H and O–H groups in total. The molecule has 7 heteroatoms. The van der Waals surface area contributed by atoms with E-state index in [4.69, 9.17) is 12.2 Å². The number of hydrogen-bond donors (Lipinski definition) is 2. The highest BCUT2D eigenvalue weighted by Crippen LogP contribution is 2.18. The molecule has 5 nitrogen and oxygen atoms in total. The Balaban J connectivity index is 1.41. The van der Waals surface area contributed by atoms with Crippen LogP contribution in [-0.4, -0.2) is 59.6 Å². The predicted molar refractivity (Wildman–Crippen MR) is 91.8 cm³/mol. The Labute approximate surface area is 140 Å². The van der Waals surface area contributed by atoms with Gasteiger partial charge in [0.15, 0.2) is 5.11 Å². The Morgan fingerprint density at radius 1 is 1.17 bits per heavy atom. The van der Waals surface area contributed by atoms with E-state index in [1.165, 1.54) is 12.1 Å². The molecule has 1 saturated heterocycles. The highest BCUT2D eigenvalue weighted by molar-refractivity contribution is 7.80. The zero-order valence-electron chi connectivity index (χ0n) is 12.9. The number of benzene rings is 1. The molecule has 1 aromatic rings. The maximum atomic E-state index is 12.9. The summed E-state index contributed by atoms with van der Waals surface area (Å²) in [5, 5.41) is 6.77. The molecular weight excluding hydrogens is 315 g/mol. The summed E-state index contributed by atoms with van der Waals surface area (Å²) in [7, 11) is 0. The van der Waals surface area contributed by atoms with Gasteiger partial charge >= 0.3 is 0 Å². The standard InChI is InChI=1S/C16H21FN4OS/c17-12-1-3-14(4-2-12)19-16(23)21-9-7-20(8-10-21)11-15(22)18-13-5-6-13/h1-4,13H,5-11H2,(H,18,22)(H,19,23). The van der Waals surface area contributed by atoms with Gasteiger partial charge in [0.2, 0.25) is 5.91 Å². The van der Waals surface area contributed by atoms with Crippen molar-refractivity contribution in [2.75, 3.05) is 38.0 Å². The van der Waals surface area contributed by atoms with Crippen LogP contribution in [0, 0.1) is 5.82 Å². The van der Waals surface area contributed by atoms with Gasteiger partial charge in [-0.05, 0) is 49.3 Å². The van der Waals surface area contributed by atoms with Crippen LogP contribution in [0.2, 0.25) is 0 Å². The minimum Gasteiger partial charge on any atom is -0.352 e. The fourth-order valence-corrected chi connectivity index (χ4v) is 2.85. The molecule has 1 aromatic carbocycles. The number of halogens is 1. The lowest BCUT2D eigenvalue weighted by Crippen LogP contribution is -2.52. The van der Waals surface area contributed by atoms with Crippen LogP contribution in [0.25, 0.3) is 0 Å². The average molecular weight is 336 g/mol. The Morgan fingerprint density at radius 2 is 1.83 bits per heavy atom. The van der Waals surface area contributed by atoms with Crippen LogP contribution in [0.4, 0.5) is 10.1 Å². The third-order valence-electron chi connectivity index (χ3n) is 4.06. The Kier molecular flexibility index (Phi) is 5.07. The molecule has 23 heavy (non-hydrogen) atoms. The van der Waals surface area contributed by atoms with Gasteiger partial charge in [-0.3, -0.25) is 9.69 Å². The van der Waals surface area contributed by atoms with Gasteiger partial charge in [0.1, 0.15) is 5.82 Å². The SMILES string of the molecule is O=C(CN1CCN(C(=S)Nc2ccc(F)cc2)CC1)NC1CC1. The molecular formula is C16H21FN4OS. The maximum Gasteiger partial charge on any atom is 0.234 e. The van der Waals surface area contributed by atoms with E-state index in [1.807, 2.05) is 0 Å². The molecule has 2 fully saturated rings.